The lowest BCUT2D eigenvalue weighted by molar-refractivity contribution is 0.408. The van der Waals surface area contributed by atoms with Crippen LogP contribution >= 0.6 is 31.9 Å². The fourth-order valence-electron chi connectivity index (χ4n) is 1.35. The second-order valence-electron chi connectivity index (χ2n) is 3.53. The number of benzene rings is 1. The minimum Gasteiger partial charge on any atom is -0.506 e. The largest absolute Gasteiger partial charge is 0.506 e. The van der Waals surface area contributed by atoms with E-state index in [-0.39, 0.29) is 5.75 Å². The maximum absolute atomic E-state index is 9.84. The Morgan fingerprint density at radius 3 is 2.65 bits per heavy atom. The first kappa shape index (κ1) is 12.4. The van der Waals surface area contributed by atoms with Crippen molar-refractivity contribution in [3.63, 3.8) is 0 Å². The summed E-state index contributed by atoms with van der Waals surface area (Å²) in [6, 6.07) is 5.42. The maximum Gasteiger partial charge on any atom is 0.159 e. The summed E-state index contributed by atoms with van der Waals surface area (Å²) in [6.07, 6.45) is 3.53. The van der Waals surface area contributed by atoms with Crippen LogP contribution in [-0.2, 0) is 0 Å². The van der Waals surface area contributed by atoms with Gasteiger partial charge in [0.05, 0.1) is 10.2 Å². The molecule has 0 unspecified atom stereocenters. The molecule has 3 nitrogen and oxygen atoms in total. The zero-order valence-corrected chi connectivity index (χ0v) is 12.1. The van der Waals surface area contributed by atoms with E-state index >= 15 is 0 Å². The summed E-state index contributed by atoms with van der Waals surface area (Å²) in [4.78, 5) is 0. The number of halogens is 2. The summed E-state index contributed by atoms with van der Waals surface area (Å²) in [5.41, 5.74) is 1.52. The molecule has 1 heterocycles. The van der Waals surface area contributed by atoms with E-state index in [1.54, 1.807) is 18.2 Å². The van der Waals surface area contributed by atoms with Crippen LogP contribution in [0.1, 0.15) is 17.0 Å². The smallest absolute Gasteiger partial charge is 0.159 e. The molecule has 0 saturated carbocycles. The number of phenolic OH excluding ortho intramolecular Hbond substituents is 1. The van der Waals surface area contributed by atoms with Gasteiger partial charge in [-0.05, 0) is 47.1 Å². The van der Waals surface area contributed by atoms with Crippen molar-refractivity contribution in [3.05, 3.63) is 44.2 Å². The summed E-state index contributed by atoms with van der Waals surface area (Å²) in [6.45, 7) is 1.86. The van der Waals surface area contributed by atoms with Gasteiger partial charge in [-0.3, -0.25) is 0 Å². The molecule has 2 aromatic rings. The predicted octanol–water partition coefficient (Wildman–Crippen LogP) is 4.38. The van der Waals surface area contributed by atoms with Crippen molar-refractivity contribution in [1.82, 2.24) is 5.16 Å². The molecule has 0 bridgehead atoms. The average Bonchev–Trinajstić information content (AvgIpc) is 2.67. The van der Waals surface area contributed by atoms with Crippen molar-refractivity contribution >= 4 is 44.0 Å². The van der Waals surface area contributed by atoms with Crippen molar-refractivity contribution in [2.24, 2.45) is 0 Å². The van der Waals surface area contributed by atoms with Crippen LogP contribution in [0, 0.1) is 6.92 Å². The first-order valence-electron chi connectivity index (χ1n) is 4.85. The molecule has 88 valence electrons. The van der Waals surface area contributed by atoms with Crippen LogP contribution in [0.15, 0.2) is 31.7 Å². The van der Waals surface area contributed by atoms with Crippen molar-refractivity contribution in [1.29, 1.82) is 0 Å². The van der Waals surface area contributed by atoms with Gasteiger partial charge in [0.1, 0.15) is 5.75 Å². The molecule has 0 aliphatic heterocycles. The molecule has 17 heavy (non-hydrogen) atoms. The third kappa shape index (κ3) is 2.98. The highest BCUT2D eigenvalue weighted by molar-refractivity contribution is 9.11. The van der Waals surface area contributed by atoms with Gasteiger partial charge in [0.15, 0.2) is 5.76 Å². The molecule has 0 saturated heterocycles. The zero-order valence-electron chi connectivity index (χ0n) is 8.95. The van der Waals surface area contributed by atoms with Gasteiger partial charge in [-0.25, -0.2) is 0 Å². The number of aromatic nitrogens is 1. The molecule has 1 aromatic heterocycles. The Balaban J connectivity index is 2.33. The molecule has 0 spiro atoms. The van der Waals surface area contributed by atoms with Gasteiger partial charge >= 0.3 is 0 Å². The van der Waals surface area contributed by atoms with Gasteiger partial charge < -0.3 is 9.63 Å². The number of hydrogen-bond donors (Lipinski definition) is 1. The summed E-state index contributed by atoms with van der Waals surface area (Å²) in [5.74, 6) is 0.846. The normalized spacial score (nSPS) is 11.2. The summed E-state index contributed by atoms with van der Waals surface area (Å²) >= 11 is 6.64. The number of hydrogen-bond acceptors (Lipinski definition) is 3. The Morgan fingerprint density at radius 2 is 2.00 bits per heavy atom. The van der Waals surface area contributed by atoms with Crippen molar-refractivity contribution in [2.75, 3.05) is 0 Å². The fraction of sp³-hybridized carbons (Fsp3) is 0.0833. The number of phenols is 1. The highest BCUT2D eigenvalue weighted by Gasteiger charge is 2.05. The molecule has 0 aliphatic rings. The van der Waals surface area contributed by atoms with E-state index in [1.807, 2.05) is 19.1 Å². The molecular weight excluding hydrogens is 350 g/mol. The van der Waals surface area contributed by atoms with Gasteiger partial charge in [0.25, 0.3) is 0 Å². The van der Waals surface area contributed by atoms with E-state index in [0.29, 0.717) is 15.8 Å². The van der Waals surface area contributed by atoms with Crippen molar-refractivity contribution < 1.29 is 9.63 Å². The molecule has 5 heteroatoms. The Morgan fingerprint density at radius 1 is 1.24 bits per heavy atom. The lowest BCUT2D eigenvalue weighted by atomic mass is 10.2. The van der Waals surface area contributed by atoms with Crippen LogP contribution in [0.5, 0.6) is 5.75 Å². The van der Waals surface area contributed by atoms with Crippen LogP contribution in [-0.4, -0.2) is 10.3 Å². The Hall–Kier alpha value is -1.07. The van der Waals surface area contributed by atoms with Gasteiger partial charge in [0, 0.05) is 16.1 Å². The standard InChI is InChI=1S/C12H9Br2NO2/c1-7-4-10(17-15-7)3-2-8-5-9(13)6-11(14)12(8)16/h2-6,16H,1H3. The minimum atomic E-state index is 0.195. The van der Waals surface area contributed by atoms with E-state index in [1.165, 1.54) is 0 Å². The van der Waals surface area contributed by atoms with E-state index in [2.05, 4.69) is 37.0 Å². The molecule has 2 rings (SSSR count). The molecule has 0 amide bonds. The third-order valence-corrected chi connectivity index (χ3v) is 3.19. The number of rotatable bonds is 2. The first-order valence-corrected chi connectivity index (χ1v) is 6.44. The Labute approximate surface area is 115 Å². The Kier molecular flexibility index (Phi) is 3.69. The van der Waals surface area contributed by atoms with Crippen LogP contribution in [0.25, 0.3) is 12.2 Å². The average molecular weight is 359 g/mol. The van der Waals surface area contributed by atoms with Gasteiger partial charge in [-0.2, -0.15) is 0 Å². The summed E-state index contributed by atoms with van der Waals surface area (Å²) in [7, 11) is 0. The van der Waals surface area contributed by atoms with Crippen molar-refractivity contribution in [3.8, 4) is 5.75 Å². The Bertz CT molecular complexity index is 576. The highest BCUT2D eigenvalue weighted by atomic mass is 79.9. The lowest BCUT2D eigenvalue weighted by Crippen LogP contribution is -1.77. The molecule has 0 radical (unpaired) electrons. The maximum atomic E-state index is 9.84. The lowest BCUT2D eigenvalue weighted by Gasteiger charge is -2.02. The fourth-order valence-corrected chi connectivity index (χ4v) is 2.60. The quantitative estimate of drug-likeness (QED) is 0.866. The molecule has 0 aliphatic carbocycles. The number of aryl methyl sites for hydroxylation is 1. The summed E-state index contributed by atoms with van der Waals surface area (Å²) in [5, 5.41) is 13.6. The highest BCUT2D eigenvalue weighted by Crippen LogP contribution is 2.32. The second kappa shape index (κ2) is 5.06. The van der Waals surface area contributed by atoms with Crippen LogP contribution in [0.4, 0.5) is 0 Å². The first-order chi connectivity index (χ1) is 8.06. The van der Waals surface area contributed by atoms with Crippen LogP contribution in [0.2, 0.25) is 0 Å². The van der Waals surface area contributed by atoms with Crippen LogP contribution in [0.3, 0.4) is 0 Å². The molecular formula is C12H9Br2NO2. The molecule has 0 atom stereocenters. The summed E-state index contributed by atoms with van der Waals surface area (Å²) < 4.78 is 6.57. The van der Waals surface area contributed by atoms with E-state index < -0.39 is 0 Å². The molecule has 0 fully saturated rings. The SMILES string of the molecule is Cc1cc(C=Cc2cc(Br)cc(Br)c2O)on1. The predicted molar refractivity (Wildman–Crippen MR) is 73.7 cm³/mol. The minimum absolute atomic E-state index is 0.195. The topological polar surface area (TPSA) is 46.3 Å². The monoisotopic (exact) mass is 357 g/mol. The molecule has 1 N–H and O–H groups in total. The number of nitrogens with zero attached hydrogens (tertiary/aromatic N) is 1. The van der Waals surface area contributed by atoms with Gasteiger partial charge in [0.2, 0.25) is 0 Å². The second-order valence-corrected chi connectivity index (χ2v) is 5.30. The van der Waals surface area contributed by atoms with E-state index in [0.717, 1.165) is 10.2 Å². The third-order valence-electron chi connectivity index (χ3n) is 2.13. The number of aromatic hydroxyl groups is 1. The van der Waals surface area contributed by atoms with Gasteiger partial charge in [-0.15, -0.1) is 0 Å². The van der Waals surface area contributed by atoms with Gasteiger partial charge in [-0.1, -0.05) is 21.1 Å². The van der Waals surface area contributed by atoms with E-state index in [9.17, 15) is 5.11 Å². The zero-order chi connectivity index (χ0) is 12.4. The van der Waals surface area contributed by atoms with E-state index in [4.69, 9.17) is 4.52 Å². The van der Waals surface area contributed by atoms with Crippen LogP contribution < -0.4 is 0 Å². The van der Waals surface area contributed by atoms with Crippen molar-refractivity contribution in [2.45, 2.75) is 6.92 Å². The molecule has 1 aromatic carbocycles.